The van der Waals surface area contributed by atoms with Gasteiger partial charge in [0.25, 0.3) is 0 Å². The van der Waals surface area contributed by atoms with Crippen molar-refractivity contribution in [3.63, 3.8) is 0 Å². The minimum absolute atomic E-state index is 0.0512. The Kier molecular flexibility index (Phi) is 4.30. The van der Waals surface area contributed by atoms with Crippen LogP contribution in [0, 0.1) is 13.8 Å². The van der Waals surface area contributed by atoms with Gasteiger partial charge >= 0.3 is 0 Å². The van der Waals surface area contributed by atoms with Gasteiger partial charge in [0.2, 0.25) is 5.91 Å². The lowest BCUT2D eigenvalue weighted by atomic mass is 10.0. The largest absolute Gasteiger partial charge is 0.497 e. The zero-order chi connectivity index (χ0) is 16.4. The molecule has 2 aromatic carbocycles. The number of carbonyl (C=O) groups is 1. The lowest BCUT2D eigenvalue weighted by Gasteiger charge is -2.06. The smallest absolute Gasteiger partial charge is 0.230 e. The summed E-state index contributed by atoms with van der Waals surface area (Å²) < 4.78 is 6.20. The number of methoxy groups -OCH3 is 1. The maximum Gasteiger partial charge on any atom is 0.230 e. The van der Waals surface area contributed by atoms with Crippen LogP contribution in [-0.2, 0) is 11.2 Å². The minimum atomic E-state index is -0.0512. The number of aryl methyl sites for hydroxylation is 2. The van der Waals surface area contributed by atoms with Gasteiger partial charge in [-0.25, -0.2) is 4.98 Å². The molecule has 0 atom stereocenters. The van der Waals surface area contributed by atoms with E-state index in [1.165, 1.54) is 11.3 Å². The fourth-order valence-corrected chi connectivity index (χ4v) is 3.32. The third-order valence-electron chi connectivity index (χ3n) is 3.70. The first-order valence-corrected chi connectivity index (χ1v) is 8.17. The molecule has 0 aliphatic heterocycles. The zero-order valence-electron chi connectivity index (χ0n) is 13.3. The highest BCUT2D eigenvalue weighted by molar-refractivity contribution is 7.22. The molecule has 23 heavy (non-hydrogen) atoms. The number of benzene rings is 2. The number of thiazole rings is 1. The number of nitrogens with one attached hydrogen (secondary N) is 1. The Morgan fingerprint density at radius 3 is 2.83 bits per heavy atom. The van der Waals surface area contributed by atoms with Crippen LogP contribution < -0.4 is 10.1 Å². The summed E-state index contributed by atoms with van der Waals surface area (Å²) >= 11 is 1.45. The van der Waals surface area contributed by atoms with Gasteiger partial charge in [-0.05, 0) is 43.2 Å². The van der Waals surface area contributed by atoms with Crippen molar-refractivity contribution in [1.29, 1.82) is 0 Å². The van der Waals surface area contributed by atoms with E-state index in [9.17, 15) is 4.79 Å². The fraction of sp³-hybridized carbons (Fsp3) is 0.222. The van der Waals surface area contributed by atoms with Crippen LogP contribution in [0.4, 0.5) is 5.13 Å². The summed E-state index contributed by atoms with van der Waals surface area (Å²) in [5.41, 5.74) is 4.19. The van der Waals surface area contributed by atoms with Crippen molar-refractivity contribution in [2.75, 3.05) is 12.4 Å². The monoisotopic (exact) mass is 326 g/mol. The quantitative estimate of drug-likeness (QED) is 0.785. The summed E-state index contributed by atoms with van der Waals surface area (Å²) in [7, 11) is 1.63. The van der Waals surface area contributed by atoms with Crippen molar-refractivity contribution >= 4 is 32.6 Å². The Morgan fingerprint density at radius 1 is 1.22 bits per heavy atom. The highest BCUT2D eigenvalue weighted by Gasteiger charge is 2.10. The highest BCUT2D eigenvalue weighted by atomic mass is 32.1. The lowest BCUT2D eigenvalue weighted by Crippen LogP contribution is -2.14. The summed E-state index contributed by atoms with van der Waals surface area (Å²) in [4.78, 5) is 16.7. The van der Waals surface area contributed by atoms with Gasteiger partial charge in [-0.15, -0.1) is 0 Å². The molecule has 0 spiro atoms. The van der Waals surface area contributed by atoms with E-state index in [0.717, 1.165) is 32.7 Å². The van der Waals surface area contributed by atoms with E-state index in [1.807, 2.05) is 38.1 Å². The Bertz CT molecular complexity index is 871. The predicted molar refractivity (Wildman–Crippen MR) is 94.4 cm³/mol. The number of anilines is 1. The van der Waals surface area contributed by atoms with Crippen LogP contribution in [0.2, 0.25) is 0 Å². The molecule has 0 aliphatic rings. The second-order valence-corrected chi connectivity index (χ2v) is 6.54. The summed E-state index contributed by atoms with van der Waals surface area (Å²) in [6.45, 7) is 4.05. The van der Waals surface area contributed by atoms with Crippen LogP contribution in [0.1, 0.15) is 16.7 Å². The molecular weight excluding hydrogens is 308 g/mol. The number of hydrogen-bond acceptors (Lipinski definition) is 4. The topological polar surface area (TPSA) is 51.2 Å². The van der Waals surface area contributed by atoms with Crippen LogP contribution >= 0.6 is 11.3 Å². The average Bonchev–Trinajstić information content (AvgIpc) is 2.91. The molecule has 5 heteroatoms. The fourth-order valence-electron chi connectivity index (χ4n) is 2.41. The van der Waals surface area contributed by atoms with E-state index in [4.69, 9.17) is 4.74 Å². The van der Waals surface area contributed by atoms with Crippen molar-refractivity contribution in [1.82, 2.24) is 4.98 Å². The third-order valence-corrected chi connectivity index (χ3v) is 4.63. The zero-order valence-corrected chi connectivity index (χ0v) is 14.2. The number of amides is 1. The summed E-state index contributed by atoms with van der Waals surface area (Å²) in [6, 6.07) is 11.8. The number of rotatable bonds is 4. The van der Waals surface area contributed by atoms with E-state index >= 15 is 0 Å². The van der Waals surface area contributed by atoms with E-state index < -0.39 is 0 Å². The van der Waals surface area contributed by atoms with Crippen molar-refractivity contribution < 1.29 is 9.53 Å². The molecule has 1 N–H and O–H groups in total. The molecule has 0 saturated carbocycles. The number of carbonyl (C=O) groups excluding carboxylic acids is 1. The van der Waals surface area contributed by atoms with Gasteiger partial charge in [-0.2, -0.15) is 0 Å². The molecule has 0 unspecified atom stereocenters. The molecule has 1 amide bonds. The van der Waals surface area contributed by atoms with Crippen molar-refractivity contribution in [2.24, 2.45) is 0 Å². The van der Waals surface area contributed by atoms with E-state index in [1.54, 1.807) is 7.11 Å². The second-order valence-electron chi connectivity index (χ2n) is 5.51. The van der Waals surface area contributed by atoms with Gasteiger partial charge < -0.3 is 10.1 Å². The van der Waals surface area contributed by atoms with Crippen LogP contribution in [0.25, 0.3) is 10.2 Å². The van der Waals surface area contributed by atoms with Crippen LogP contribution in [0.5, 0.6) is 5.75 Å². The van der Waals surface area contributed by atoms with Gasteiger partial charge in [0, 0.05) is 0 Å². The molecule has 0 saturated heterocycles. The lowest BCUT2D eigenvalue weighted by molar-refractivity contribution is -0.115. The van der Waals surface area contributed by atoms with Crippen LogP contribution in [0.15, 0.2) is 36.4 Å². The maximum atomic E-state index is 12.3. The number of nitrogens with zero attached hydrogens (tertiary/aromatic N) is 1. The van der Waals surface area contributed by atoms with Gasteiger partial charge in [0.05, 0.1) is 23.7 Å². The summed E-state index contributed by atoms with van der Waals surface area (Å²) in [6.07, 6.45) is 0.354. The van der Waals surface area contributed by atoms with Gasteiger partial charge in [0.15, 0.2) is 5.13 Å². The Balaban J connectivity index is 1.76. The number of ether oxygens (including phenoxy) is 1. The summed E-state index contributed by atoms with van der Waals surface area (Å²) in [5.74, 6) is 0.735. The van der Waals surface area contributed by atoms with Gasteiger partial charge in [-0.1, -0.05) is 35.1 Å². The number of hydrogen-bond donors (Lipinski definition) is 1. The molecule has 4 nitrogen and oxygen atoms in total. The third kappa shape index (κ3) is 3.51. The predicted octanol–water partition coefficient (Wildman–Crippen LogP) is 4.10. The number of aromatic nitrogens is 1. The van der Waals surface area contributed by atoms with E-state index in [-0.39, 0.29) is 5.91 Å². The SMILES string of the molecule is COc1ccc2nc(NC(=O)Cc3cc(C)ccc3C)sc2c1. The van der Waals surface area contributed by atoms with Crippen molar-refractivity contribution in [2.45, 2.75) is 20.3 Å². The second kappa shape index (κ2) is 6.38. The molecule has 118 valence electrons. The normalized spacial score (nSPS) is 10.7. The Morgan fingerprint density at radius 2 is 2.04 bits per heavy atom. The number of fused-ring (bicyclic) bond motifs is 1. The molecule has 1 heterocycles. The van der Waals surface area contributed by atoms with E-state index in [0.29, 0.717) is 11.6 Å². The first kappa shape index (κ1) is 15.5. The molecule has 0 radical (unpaired) electrons. The highest BCUT2D eigenvalue weighted by Crippen LogP contribution is 2.29. The maximum absolute atomic E-state index is 12.3. The van der Waals surface area contributed by atoms with Gasteiger partial charge in [-0.3, -0.25) is 4.79 Å². The molecular formula is C18H18N2O2S. The first-order chi connectivity index (χ1) is 11.0. The van der Waals surface area contributed by atoms with Crippen LogP contribution in [0.3, 0.4) is 0 Å². The first-order valence-electron chi connectivity index (χ1n) is 7.36. The molecule has 0 bridgehead atoms. The molecule has 3 rings (SSSR count). The van der Waals surface area contributed by atoms with E-state index in [2.05, 4.69) is 22.4 Å². The van der Waals surface area contributed by atoms with Crippen molar-refractivity contribution in [3.05, 3.63) is 53.1 Å². The van der Waals surface area contributed by atoms with Crippen molar-refractivity contribution in [3.8, 4) is 5.75 Å². The average molecular weight is 326 g/mol. The molecule has 1 aromatic heterocycles. The Hall–Kier alpha value is -2.40. The molecule has 3 aromatic rings. The minimum Gasteiger partial charge on any atom is -0.497 e. The molecule has 0 fully saturated rings. The standard InChI is InChI=1S/C18H18N2O2S/c1-11-4-5-12(2)13(8-11)9-17(21)20-18-19-15-7-6-14(22-3)10-16(15)23-18/h4-8,10H,9H2,1-3H3,(H,19,20,21). The Labute approximate surface area is 139 Å². The molecule has 0 aliphatic carbocycles. The van der Waals surface area contributed by atoms with Gasteiger partial charge in [0.1, 0.15) is 5.75 Å². The van der Waals surface area contributed by atoms with Crippen LogP contribution in [-0.4, -0.2) is 18.0 Å². The summed E-state index contributed by atoms with van der Waals surface area (Å²) in [5, 5.41) is 3.51.